The molecule has 1 aliphatic rings. The Bertz CT molecular complexity index is 927. The molecule has 152 valence electrons. The van der Waals surface area contributed by atoms with Crippen LogP contribution in [0.4, 0.5) is 10.1 Å². The second-order valence-electron chi connectivity index (χ2n) is 6.36. The van der Waals surface area contributed by atoms with Crippen LogP contribution in [0.2, 0.25) is 0 Å². The van der Waals surface area contributed by atoms with Crippen molar-refractivity contribution in [1.82, 2.24) is 4.90 Å². The van der Waals surface area contributed by atoms with Gasteiger partial charge in [0, 0.05) is 12.2 Å². The van der Waals surface area contributed by atoms with Gasteiger partial charge in [-0.2, -0.15) is 0 Å². The number of nitrogens with zero attached hydrogens (tertiary/aromatic N) is 1. The molecule has 0 aliphatic carbocycles. The van der Waals surface area contributed by atoms with Gasteiger partial charge >= 0.3 is 5.97 Å². The number of esters is 1. The maximum absolute atomic E-state index is 13.2. The average Bonchev–Trinajstić information content (AvgIpc) is 3.03. The number of rotatable bonds is 8. The highest BCUT2D eigenvalue weighted by Gasteiger charge is 2.34. The SMILES string of the molecule is COC(=O)C1=C(Nc2ccc(OCc3cccc(F)c3)cc2)C(=O)N(CCO)C1. The lowest BCUT2D eigenvalue weighted by Crippen LogP contribution is -2.31. The molecule has 0 saturated heterocycles. The molecule has 0 unspecified atom stereocenters. The van der Waals surface area contributed by atoms with E-state index in [1.165, 1.54) is 24.1 Å². The third kappa shape index (κ3) is 4.91. The Morgan fingerprint density at radius 1 is 1.24 bits per heavy atom. The molecule has 0 saturated carbocycles. The minimum absolute atomic E-state index is 0.0726. The zero-order chi connectivity index (χ0) is 20.8. The largest absolute Gasteiger partial charge is 0.489 e. The van der Waals surface area contributed by atoms with Crippen molar-refractivity contribution in [3.63, 3.8) is 0 Å². The van der Waals surface area contributed by atoms with Crippen LogP contribution >= 0.6 is 0 Å². The van der Waals surface area contributed by atoms with Gasteiger partial charge in [-0.1, -0.05) is 12.1 Å². The molecule has 3 rings (SSSR count). The number of hydrogen-bond acceptors (Lipinski definition) is 6. The molecule has 7 nitrogen and oxygen atoms in total. The van der Waals surface area contributed by atoms with Crippen LogP contribution in [0.1, 0.15) is 5.56 Å². The predicted molar refractivity (Wildman–Crippen MR) is 104 cm³/mol. The minimum Gasteiger partial charge on any atom is -0.489 e. The first-order chi connectivity index (χ1) is 14.0. The van der Waals surface area contributed by atoms with E-state index in [2.05, 4.69) is 5.32 Å². The smallest absolute Gasteiger partial charge is 0.337 e. The van der Waals surface area contributed by atoms with E-state index in [0.717, 1.165) is 0 Å². The fraction of sp³-hybridized carbons (Fsp3) is 0.238. The second kappa shape index (κ2) is 9.20. The highest BCUT2D eigenvalue weighted by molar-refractivity contribution is 6.08. The monoisotopic (exact) mass is 400 g/mol. The number of aliphatic hydroxyl groups excluding tert-OH is 1. The Morgan fingerprint density at radius 3 is 2.66 bits per heavy atom. The van der Waals surface area contributed by atoms with Gasteiger partial charge in [0.2, 0.25) is 0 Å². The number of anilines is 1. The maximum atomic E-state index is 13.2. The third-order valence-corrected chi connectivity index (χ3v) is 4.37. The molecule has 1 amide bonds. The summed E-state index contributed by atoms with van der Waals surface area (Å²) in [6.07, 6.45) is 0. The van der Waals surface area contributed by atoms with Gasteiger partial charge in [0.05, 0.1) is 25.8 Å². The molecule has 0 atom stereocenters. The van der Waals surface area contributed by atoms with Crippen molar-refractivity contribution in [2.45, 2.75) is 6.61 Å². The normalized spacial score (nSPS) is 13.6. The van der Waals surface area contributed by atoms with E-state index in [9.17, 15) is 14.0 Å². The fourth-order valence-corrected chi connectivity index (χ4v) is 2.92. The Hall–Kier alpha value is -3.39. The average molecular weight is 400 g/mol. The molecule has 0 aromatic heterocycles. The van der Waals surface area contributed by atoms with Crippen LogP contribution in [0, 0.1) is 5.82 Å². The van der Waals surface area contributed by atoms with Gasteiger partial charge in [-0.05, 0) is 42.0 Å². The molecule has 2 aromatic rings. The Labute approximate surface area is 167 Å². The van der Waals surface area contributed by atoms with Crippen LogP contribution in [-0.2, 0) is 20.9 Å². The lowest BCUT2D eigenvalue weighted by molar-refractivity contribution is -0.136. The first-order valence-corrected chi connectivity index (χ1v) is 8.97. The summed E-state index contributed by atoms with van der Waals surface area (Å²) in [5.41, 5.74) is 1.62. The van der Waals surface area contributed by atoms with E-state index in [0.29, 0.717) is 17.0 Å². The van der Waals surface area contributed by atoms with Crippen molar-refractivity contribution >= 4 is 17.6 Å². The van der Waals surface area contributed by atoms with Crippen molar-refractivity contribution in [3.8, 4) is 5.75 Å². The number of halogens is 1. The third-order valence-electron chi connectivity index (χ3n) is 4.37. The summed E-state index contributed by atoms with van der Waals surface area (Å²) >= 11 is 0. The summed E-state index contributed by atoms with van der Waals surface area (Å²) < 4.78 is 23.6. The molecule has 2 aromatic carbocycles. The van der Waals surface area contributed by atoms with Crippen LogP contribution < -0.4 is 10.1 Å². The summed E-state index contributed by atoms with van der Waals surface area (Å²) in [6.45, 7) is 0.211. The molecule has 1 aliphatic heterocycles. The van der Waals surface area contributed by atoms with Crippen LogP contribution in [0.5, 0.6) is 5.75 Å². The number of carbonyl (C=O) groups is 2. The molecule has 1 heterocycles. The Kier molecular flexibility index (Phi) is 6.46. The Morgan fingerprint density at radius 2 is 2.00 bits per heavy atom. The van der Waals surface area contributed by atoms with Crippen molar-refractivity contribution in [2.75, 3.05) is 32.1 Å². The molecule has 8 heteroatoms. The highest BCUT2D eigenvalue weighted by Crippen LogP contribution is 2.24. The summed E-state index contributed by atoms with van der Waals surface area (Å²) in [6, 6.07) is 13.0. The first kappa shape index (κ1) is 20.3. The van der Waals surface area contributed by atoms with Crippen molar-refractivity contribution in [2.24, 2.45) is 0 Å². The molecule has 0 radical (unpaired) electrons. The lowest BCUT2D eigenvalue weighted by atomic mass is 10.2. The highest BCUT2D eigenvalue weighted by atomic mass is 19.1. The zero-order valence-corrected chi connectivity index (χ0v) is 15.9. The molecule has 0 bridgehead atoms. The first-order valence-electron chi connectivity index (χ1n) is 8.97. The Balaban J connectivity index is 1.68. The molecular weight excluding hydrogens is 379 g/mol. The number of hydrogen-bond donors (Lipinski definition) is 2. The summed E-state index contributed by atoms with van der Waals surface area (Å²) in [5.74, 6) is -0.735. The number of methoxy groups -OCH3 is 1. The predicted octanol–water partition coefficient (Wildman–Crippen LogP) is 2.08. The minimum atomic E-state index is -0.601. The molecule has 2 N–H and O–H groups in total. The van der Waals surface area contributed by atoms with E-state index >= 15 is 0 Å². The van der Waals surface area contributed by atoms with E-state index in [1.54, 1.807) is 36.4 Å². The number of benzene rings is 2. The molecule has 29 heavy (non-hydrogen) atoms. The molecule has 0 spiro atoms. The number of nitrogens with one attached hydrogen (secondary N) is 1. The number of aliphatic hydroxyl groups is 1. The topological polar surface area (TPSA) is 88.1 Å². The molecular formula is C21H21FN2O5. The van der Waals surface area contributed by atoms with Gasteiger partial charge in [-0.25, -0.2) is 9.18 Å². The quantitative estimate of drug-likeness (QED) is 0.660. The fourth-order valence-electron chi connectivity index (χ4n) is 2.92. The summed E-state index contributed by atoms with van der Waals surface area (Å²) in [5, 5.41) is 12.1. The van der Waals surface area contributed by atoms with Crippen LogP contribution in [-0.4, -0.2) is 48.7 Å². The van der Waals surface area contributed by atoms with Gasteiger partial charge in [0.1, 0.15) is 23.9 Å². The number of amides is 1. The standard InChI is InChI=1S/C21H21FN2O5/c1-28-21(27)18-12-24(9-10-25)20(26)19(18)23-16-5-7-17(8-6-16)29-13-14-3-2-4-15(22)11-14/h2-8,11,23,25H,9-10,12-13H2,1H3. The van der Waals surface area contributed by atoms with Crippen molar-refractivity contribution in [1.29, 1.82) is 0 Å². The second-order valence-corrected chi connectivity index (χ2v) is 6.36. The summed E-state index contributed by atoms with van der Waals surface area (Å²) in [7, 11) is 1.25. The van der Waals surface area contributed by atoms with E-state index in [-0.39, 0.29) is 49.3 Å². The lowest BCUT2D eigenvalue weighted by Gasteiger charge is -2.15. The van der Waals surface area contributed by atoms with Gasteiger partial charge < -0.3 is 24.8 Å². The van der Waals surface area contributed by atoms with E-state index < -0.39 is 5.97 Å². The van der Waals surface area contributed by atoms with Gasteiger partial charge in [0.25, 0.3) is 5.91 Å². The van der Waals surface area contributed by atoms with Crippen LogP contribution in [0.25, 0.3) is 0 Å². The van der Waals surface area contributed by atoms with Gasteiger partial charge in [-0.3, -0.25) is 4.79 Å². The number of β-amino-alcohol motifs (C(OH)–C–C–N with tert-alkyl or cyclic N) is 1. The maximum Gasteiger partial charge on any atom is 0.337 e. The van der Waals surface area contributed by atoms with Crippen molar-refractivity contribution < 1.29 is 28.6 Å². The zero-order valence-electron chi connectivity index (χ0n) is 15.9. The summed E-state index contributed by atoms with van der Waals surface area (Å²) in [4.78, 5) is 25.9. The van der Waals surface area contributed by atoms with Gasteiger partial charge in [-0.15, -0.1) is 0 Å². The molecule has 0 fully saturated rings. The number of carbonyl (C=O) groups excluding carboxylic acids is 2. The number of ether oxygens (including phenoxy) is 2. The van der Waals surface area contributed by atoms with E-state index in [4.69, 9.17) is 14.6 Å². The van der Waals surface area contributed by atoms with Crippen molar-refractivity contribution in [3.05, 3.63) is 71.2 Å². The van der Waals surface area contributed by atoms with Crippen LogP contribution in [0.3, 0.4) is 0 Å². The van der Waals surface area contributed by atoms with E-state index in [1.807, 2.05) is 0 Å². The van der Waals surface area contributed by atoms with Crippen LogP contribution in [0.15, 0.2) is 59.8 Å². The van der Waals surface area contributed by atoms with Gasteiger partial charge in [0.15, 0.2) is 0 Å².